The summed E-state index contributed by atoms with van der Waals surface area (Å²) in [6.45, 7) is 0. The van der Waals surface area contributed by atoms with Crippen LogP contribution in [0.4, 0.5) is 0 Å². The molecule has 0 aliphatic rings. The van der Waals surface area contributed by atoms with Gasteiger partial charge in [0.05, 0.1) is 107 Å². The lowest BCUT2D eigenvalue weighted by Crippen LogP contribution is -1.96. The third-order valence-electron chi connectivity index (χ3n) is 26.9. The standard InChI is InChI=1S/C46H30N4.C45H29N5.C42H26N4/c1-4-13-32(14-5-1)37-19-12-20-39-44(37)38-27-26-36(29-43(38)48-45(39)40-21-10-11-28-47-40)31-22-24-34(25-23-31)42-30-41(33-15-6-2-7-16-33)49-46(50-42)35-17-8-3-9-18-35;1-2-11-32(12-3-1)35-13-10-14-37-44(35)36-23-22-33(27-41(36)50-45(37)40-17-6-9-26-48-40)30-18-20-31(21-19-30)34-28-42(38-15-4-7-24-46-38)49-43(29-34)39-16-5-8-25-47-39;1-3-10-27(11-4-1)32-14-9-15-34-39(32)33-22-19-31(26-38(33)46-42(34)37-16-7-8-25-43-37)36-24-21-30-18-17-29-20-23-35(28-12-5-2-6-13-28)44-40(29)41(30)45-36/h1-30H;1-29H;1-26H. The first-order valence-corrected chi connectivity index (χ1v) is 48.7. The van der Waals surface area contributed by atoms with Gasteiger partial charge in [-0.1, -0.05) is 376 Å². The summed E-state index contributed by atoms with van der Waals surface area (Å²) in [4.78, 5) is 64.2. The molecule has 0 aliphatic heterocycles. The van der Waals surface area contributed by atoms with Crippen molar-refractivity contribution >= 4 is 86.8 Å². The minimum Gasteiger partial charge on any atom is -0.255 e. The van der Waals surface area contributed by atoms with Crippen LogP contribution >= 0.6 is 0 Å². The van der Waals surface area contributed by atoms with Gasteiger partial charge in [0, 0.05) is 118 Å². The molecule has 146 heavy (non-hydrogen) atoms. The minimum absolute atomic E-state index is 0.706. The van der Waals surface area contributed by atoms with E-state index in [-0.39, 0.29) is 0 Å². The monoisotopic (exact) mass is 1860 g/mol. The highest BCUT2D eigenvalue weighted by Crippen LogP contribution is 2.46. The zero-order valence-corrected chi connectivity index (χ0v) is 78.9. The summed E-state index contributed by atoms with van der Waals surface area (Å²) < 4.78 is 0. The Kier molecular flexibility index (Phi) is 23.4. The molecule has 13 nitrogen and oxygen atoms in total. The van der Waals surface area contributed by atoms with Crippen LogP contribution in [0.2, 0.25) is 0 Å². The van der Waals surface area contributed by atoms with Crippen LogP contribution in [0.3, 0.4) is 0 Å². The predicted molar refractivity (Wildman–Crippen MR) is 598 cm³/mol. The zero-order valence-electron chi connectivity index (χ0n) is 78.9. The molecule has 0 bridgehead atoms. The van der Waals surface area contributed by atoms with Gasteiger partial charge >= 0.3 is 0 Å². The van der Waals surface area contributed by atoms with Crippen molar-refractivity contribution < 1.29 is 0 Å². The van der Waals surface area contributed by atoms with E-state index in [1.165, 1.54) is 49.5 Å². The Morgan fingerprint density at radius 2 is 0.418 bits per heavy atom. The van der Waals surface area contributed by atoms with Gasteiger partial charge in [-0.05, 0) is 176 Å². The molecule has 27 aromatic rings. The van der Waals surface area contributed by atoms with Crippen molar-refractivity contribution in [1.82, 2.24) is 64.8 Å². The van der Waals surface area contributed by atoms with Gasteiger partial charge in [-0.15, -0.1) is 0 Å². The molecule has 15 aromatic carbocycles. The van der Waals surface area contributed by atoms with Crippen molar-refractivity contribution in [2.24, 2.45) is 0 Å². The Morgan fingerprint density at radius 3 is 0.781 bits per heavy atom. The van der Waals surface area contributed by atoms with Crippen molar-refractivity contribution in [2.75, 3.05) is 0 Å². The van der Waals surface area contributed by atoms with Crippen molar-refractivity contribution in [3.8, 4) is 180 Å². The second-order valence-corrected chi connectivity index (χ2v) is 35.9. The number of benzene rings is 15. The van der Waals surface area contributed by atoms with Crippen LogP contribution in [0.15, 0.2) is 516 Å². The maximum absolute atomic E-state index is 5.26. The molecule has 27 rings (SSSR count). The van der Waals surface area contributed by atoms with Crippen molar-refractivity contribution in [1.29, 1.82) is 0 Å². The summed E-state index contributed by atoms with van der Waals surface area (Å²) >= 11 is 0. The Morgan fingerprint density at radius 1 is 0.130 bits per heavy atom. The number of hydrogen-bond acceptors (Lipinski definition) is 13. The quantitative estimate of drug-likeness (QED) is 0.0839. The summed E-state index contributed by atoms with van der Waals surface area (Å²) in [5.41, 5.74) is 35.3. The average Bonchev–Trinajstić information content (AvgIpc) is 0.745. The predicted octanol–water partition coefficient (Wildman–Crippen LogP) is 33.1. The number of rotatable bonds is 16. The Labute approximate surface area is 842 Å². The second kappa shape index (κ2) is 39.1. The highest BCUT2D eigenvalue weighted by Gasteiger charge is 2.24. The van der Waals surface area contributed by atoms with Crippen LogP contribution in [0, 0.1) is 0 Å². The largest absolute Gasteiger partial charge is 0.255 e. The van der Waals surface area contributed by atoms with Crippen LogP contribution in [-0.2, 0) is 0 Å². The highest BCUT2D eigenvalue weighted by molar-refractivity contribution is 6.20. The minimum atomic E-state index is 0.706. The van der Waals surface area contributed by atoms with E-state index in [1.807, 2.05) is 164 Å². The van der Waals surface area contributed by atoms with E-state index in [0.29, 0.717) is 5.82 Å². The van der Waals surface area contributed by atoms with Gasteiger partial charge in [-0.2, -0.15) is 0 Å². The zero-order chi connectivity index (χ0) is 97.0. The summed E-state index contributed by atoms with van der Waals surface area (Å²) in [6.07, 6.45) is 9.07. The van der Waals surface area contributed by atoms with E-state index in [0.717, 1.165) is 212 Å². The molecule has 0 saturated heterocycles. The van der Waals surface area contributed by atoms with Crippen molar-refractivity contribution in [2.45, 2.75) is 0 Å². The smallest absolute Gasteiger partial charge is 0.160 e. The summed E-state index contributed by atoms with van der Waals surface area (Å²) in [7, 11) is 0. The summed E-state index contributed by atoms with van der Waals surface area (Å²) in [5.74, 6) is 0.706. The molecule has 0 N–H and O–H groups in total. The fourth-order valence-corrected chi connectivity index (χ4v) is 19.8. The van der Waals surface area contributed by atoms with E-state index in [1.54, 1.807) is 12.4 Å². The van der Waals surface area contributed by atoms with E-state index in [2.05, 4.69) is 350 Å². The fourth-order valence-electron chi connectivity index (χ4n) is 19.8. The molecule has 12 aromatic heterocycles. The first-order chi connectivity index (χ1) is 72.4. The molecule has 12 heterocycles. The molecule has 0 fully saturated rings. The maximum atomic E-state index is 5.26. The molecule has 0 spiro atoms. The topological polar surface area (TPSA) is 168 Å². The van der Waals surface area contributed by atoms with Crippen LogP contribution in [-0.4, -0.2) is 64.8 Å². The van der Waals surface area contributed by atoms with Crippen LogP contribution in [0.1, 0.15) is 0 Å². The molecule has 682 valence electrons. The number of hydrogen-bond donors (Lipinski definition) is 0. The fraction of sp³-hybridized carbons (Fsp3) is 0. The van der Waals surface area contributed by atoms with E-state index in [9.17, 15) is 0 Å². The second-order valence-electron chi connectivity index (χ2n) is 35.9. The summed E-state index contributed by atoms with van der Waals surface area (Å²) in [5, 5.41) is 12.2. The Bertz CT molecular complexity index is 9040. The molecule has 13 heteroatoms. The van der Waals surface area contributed by atoms with Gasteiger partial charge in [0.2, 0.25) is 0 Å². The summed E-state index contributed by atoms with van der Waals surface area (Å²) in [6, 6.07) is 167. The van der Waals surface area contributed by atoms with Gasteiger partial charge in [0.1, 0.15) is 0 Å². The number of pyridine rings is 11. The van der Waals surface area contributed by atoms with Crippen molar-refractivity contribution in [3.63, 3.8) is 0 Å². The van der Waals surface area contributed by atoms with Crippen LogP contribution < -0.4 is 0 Å². The molecular formula is C133H85N13. The Hall–Kier alpha value is -19.9. The first-order valence-electron chi connectivity index (χ1n) is 48.7. The molecule has 0 radical (unpaired) electrons. The molecule has 0 aliphatic carbocycles. The van der Waals surface area contributed by atoms with E-state index < -0.39 is 0 Å². The van der Waals surface area contributed by atoms with Gasteiger partial charge in [0.25, 0.3) is 0 Å². The van der Waals surface area contributed by atoms with E-state index >= 15 is 0 Å². The van der Waals surface area contributed by atoms with Crippen LogP contribution in [0.25, 0.3) is 267 Å². The molecule has 0 atom stereocenters. The SMILES string of the molecule is c1ccc(-c2cc(-c3ccc(-c4ccc5c(c4)nc(-c4ccccn4)c4cccc(-c6ccccc6)c45)cc3)nc(-c3ccccc3)n2)cc1.c1ccc(-c2ccc3ccc4ccc(-c5ccc6c(c5)nc(-c5ccccn5)c5cccc(-c7ccccc7)c56)nc4c3n2)cc1.c1ccc(-c2cccc3c(-c4ccccn4)nc4cc(-c5ccc(-c6cc(-c7ccccn7)nc(-c7ccccn7)c6)cc5)ccc4c23)cc1. The number of aromatic nitrogens is 13. The van der Waals surface area contributed by atoms with Crippen LogP contribution in [0.5, 0.6) is 0 Å². The van der Waals surface area contributed by atoms with Gasteiger partial charge < -0.3 is 0 Å². The lowest BCUT2D eigenvalue weighted by molar-refractivity contribution is 1.18. The van der Waals surface area contributed by atoms with E-state index in [4.69, 9.17) is 54.8 Å². The normalized spacial score (nSPS) is 11.3. The number of fused-ring (bicyclic) bond motifs is 12. The Balaban J connectivity index is 0.000000114. The van der Waals surface area contributed by atoms with Gasteiger partial charge in [0.15, 0.2) is 5.82 Å². The number of nitrogens with zero attached hydrogens (tertiary/aromatic N) is 13. The van der Waals surface area contributed by atoms with Crippen molar-refractivity contribution in [3.05, 3.63) is 516 Å². The molecule has 0 unspecified atom stereocenters. The lowest BCUT2D eigenvalue weighted by Gasteiger charge is -2.15. The van der Waals surface area contributed by atoms with Gasteiger partial charge in [-0.25, -0.2) is 39.9 Å². The third-order valence-corrected chi connectivity index (χ3v) is 26.9. The third kappa shape index (κ3) is 17.5. The first kappa shape index (κ1) is 87.6. The maximum Gasteiger partial charge on any atom is 0.160 e. The van der Waals surface area contributed by atoms with Gasteiger partial charge in [-0.3, -0.25) is 24.9 Å². The lowest BCUT2D eigenvalue weighted by atomic mass is 9.92. The molecular weight excluding hydrogens is 1780 g/mol. The highest BCUT2D eigenvalue weighted by atomic mass is 14.9. The average molecular weight is 1870 g/mol. The molecule has 0 amide bonds. The molecule has 0 saturated carbocycles.